The van der Waals surface area contributed by atoms with Gasteiger partial charge in [-0.05, 0) is 12.5 Å². The van der Waals surface area contributed by atoms with Crippen molar-refractivity contribution in [1.29, 1.82) is 0 Å². The summed E-state index contributed by atoms with van der Waals surface area (Å²) < 4.78 is 5.06. The molecular weight excluding hydrogens is 178 g/mol. The number of esters is 1. The predicted molar refractivity (Wildman–Crippen MR) is 52.7 cm³/mol. The van der Waals surface area contributed by atoms with Crippen molar-refractivity contribution in [3.05, 3.63) is 35.9 Å². The zero-order valence-corrected chi connectivity index (χ0v) is 8.07. The highest BCUT2D eigenvalue weighted by Gasteiger charge is 2.26. The van der Waals surface area contributed by atoms with Gasteiger partial charge in [0.2, 0.25) is 0 Å². The lowest BCUT2D eigenvalue weighted by Gasteiger charge is -2.28. The molecule has 1 N–H and O–H groups in total. The van der Waals surface area contributed by atoms with Crippen LogP contribution in [0.15, 0.2) is 30.3 Å². The number of nitrogens with one attached hydrogen (secondary N) is 1. The van der Waals surface area contributed by atoms with Gasteiger partial charge in [-0.1, -0.05) is 30.3 Å². The zero-order valence-electron chi connectivity index (χ0n) is 8.07. The molecule has 0 spiro atoms. The van der Waals surface area contributed by atoms with Gasteiger partial charge in [0.1, 0.15) is 12.6 Å². The Balaban J connectivity index is 2.11. The van der Waals surface area contributed by atoms with E-state index >= 15 is 0 Å². The summed E-state index contributed by atoms with van der Waals surface area (Å²) in [6.45, 7) is 2.24. The van der Waals surface area contributed by atoms with E-state index in [4.69, 9.17) is 4.74 Å². The highest BCUT2D eigenvalue weighted by Crippen LogP contribution is 2.17. The van der Waals surface area contributed by atoms with Crippen molar-refractivity contribution < 1.29 is 9.53 Å². The first-order valence-corrected chi connectivity index (χ1v) is 4.75. The summed E-state index contributed by atoms with van der Waals surface area (Å²) in [4.78, 5) is 11.1. The standard InChI is InChI=1S/C11H13NO2/c1-8-11(13)14-7-10(12-8)9-5-3-2-4-6-9/h2-6,8,10,12H,7H2,1H3/t8-,10+/m1/s1. The van der Waals surface area contributed by atoms with Crippen LogP contribution in [-0.4, -0.2) is 18.6 Å². The van der Waals surface area contributed by atoms with Crippen molar-refractivity contribution in [3.8, 4) is 0 Å². The molecule has 0 aromatic heterocycles. The first-order chi connectivity index (χ1) is 6.77. The first kappa shape index (κ1) is 9.21. The minimum Gasteiger partial charge on any atom is -0.463 e. The fraction of sp³-hybridized carbons (Fsp3) is 0.364. The second-order valence-electron chi connectivity index (χ2n) is 3.48. The Morgan fingerprint density at radius 1 is 1.36 bits per heavy atom. The average Bonchev–Trinajstić information content (AvgIpc) is 2.23. The van der Waals surface area contributed by atoms with Crippen LogP contribution >= 0.6 is 0 Å². The van der Waals surface area contributed by atoms with Crippen LogP contribution in [0.1, 0.15) is 18.5 Å². The van der Waals surface area contributed by atoms with Gasteiger partial charge in [-0.15, -0.1) is 0 Å². The molecule has 1 aliphatic heterocycles. The third kappa shape index (κ3) is 1.77. The monoisotopic (exact) mass is 191 g/mol. The van der Waals surface area contributed by atoms with Crippen molar-refractivity contribution in [2.45, 2.75) is 19.0 Å². The van der Waals surface area contributed by atoms with Crippen LogP contribution in [0, 0.1) is 0 Å². The molecule has 0 amide bonds. The minimum absolute atomic E-state index is 0.129. The van der Waals surface area contributed by atoms with Gasteiger partial charge < -0.3 is 4.74 Å². The van der Waals surface area contributed by atoms with Gasteiger partial charge in [-0.25, -0.2) is 0 Å². The topological polar surface area (TPSA) is 38.3 Å². The lowest BCUT2D eigenvalue weighted by atomic mass is 10.1. The predicted octanol–water partition coefficient (Wildman–Crippen LogP) is 1.26. The van der Waals surface area contributed by atoms with Gasteiger partial charge in [0, 0.05) is 0 Å². The van der Waals surface area contributed by atoms with Gasteiger partial charge in [-0.3, -0.25) is 10.1 Å². The molecule has 1 saturated heterocycles. The maximum atomic E-state index is 11.1. The second-order valence-corrected chi connectivity index (χ2v) is 3.48. The number of hydrogen-bond acceptors (Lipinski definition) is 3. The molecule has 1 aliphatic rings. The van der Waals surface area contributed by atoms with E-state index in [9.17, 15) is 4.79 Å². The summed E-state index contributed by atoms with van der Waals surface area (Å²) in [5, 5.41) is 3.21. The normalized spacial score (nSPS) is 27.1. The molecule has 0 bridgehead atoms. The maximum Gasteiger partial charge on any atom is 0.322 e. The van der Waals surface area contributed by atoms with E-state index in [2.05, 4.69) is 5.32 Å². The van der Waals surface area contributed by atoms with Gasteiger partial charge in [0.05, 0.1) is 6.04 Å². The van der Waals surface area contributed by atoms with Gasteiger partial charge in [0.15, 0.2) is 0 Å². The van der Waals surface area contributed by atoms with Crippen LogP contribution in [0.3, 0.4) is 0 Å². The van der Waals surface area contributed by atoms with Crippen molar-refractivity contribution in [3.63, 3.8) is 0 Å². The summed E-state index contributed by atoms with van der Waals surface area (Å²) in [5.41, 5.74) is 1.16. The summed E-state index contributed by atoms with van der Waals surface area (Å²) in [5.74, 6) is -0.169. The van der Waals surface area contributed by atoms with Gasteiger partial charge in [-0.2, -0.15) is 0 Å². The number of cyclic esters (lactones) is 1. The Kier molecular flexibility index (Phi) is 2.50. The van der Waals surface area contributed by atoms with E-state index in [0.29, 0.717) is 6.61 Å². The average molecular weight is 191 g/mol. The van der Waals surface area contributed by atoms with Crippen LogP contribution in [0.2, 0.25) is 0 Å². The number of hydrogen-bond donors (Lipinski definition) is 1. The van der Waals surface area contributed by atoms with Crippen molar-refractivity contribution in [2.24, 2.45) is 0 Å². The quantitative estimate of drug-likeness (QED) is 0.679. The highest BCUT2D eigenvalue weighted by molar-refractivity contribution is 5.76. The van der Waals surface area contributed by atoms with E-state index in [-0.39, 0.29) is 18.1 Å². The number of carbonyl (C=O) groups excluding carboxylic acids is 1. The Morgan fingerprint density at radius 3 is 2.71 bits per heavy atom. The number of ether oxygens (including phenoxy) is 1. The molecule has 0 radical (unpaired) electrons. The van der Waals surface area contributed by atoms with E-state index < -0.39 is 0 Å². The molecule has 2 rings (SSSR count). The molecule has 1 heterocycles. The van der Waals surface area contributed by atoms with Crippen molar-refractivity contribution in [1.82, 2.24) is 5.32 Å². The van der Waals surface area contributed by atoms with Gasteiger partial charge >= 0.3 is 5.97 Å². The number of benzene rings is 1. The van der Waals surface area contributed by atoms with Gasteiger partial charge in [0.25, 0.3) is 0 Å². The van der Waals surface area contributed by atoms with Crippen molar-refractivity contribution >= 4 is 5.97 Å². The molecule has 3 nitrogen and oxygen atoms in total. The smallest absolute Gasteiger partial charge is 0.322 e. The molecule has 3 heteroatoms. The number of carbonyl (C=O) groups is 1. The van der Waals surface area contributed by atoms with Crippen LogP contribution in [0.25, 0.3) is 0 Å². The van der Waals surface area contributed by atoms with Crippen LogP contribution < -0.4 is 5.32 Å². The Labute approximate surface area is 83.1 Å². The SMILES string of the molecule is C[C@H]1N[C@H](c2ccccc2)COC1=O. The molecule has 14 heavy (non-hydrogen) atoms. The fourth-order valence-corrected chi connectivity index (χ4v) is 1.59. The summed E-state index contributed by atoms with van der Waals surface area (Å²) >= 11 is 0. The highest BCUT2D eigenvalue weighted by atomic mass is 16.5. The van der Waals surface area contributed by atoms with Crippen LogP contribution in [-0.2, 0) is 9.53 Å². The lowest BCUT2D eigenvalue weighted by molar-refractivity contribution is -0.151. The molecule has 1 aromatic carbocycles. The third-order valence-corrected chi connectivity index (χ3v) is 2.40. The Morgan fingerprint density at radius 2 is 2.07 bits per heavy atom. The fourth-order valence-electron chi connectivity index (χ4n) is 1.59. The largest absolute Gasteiger partial charge is 0.463 e. The Hall–Kier alpha value is -1.35. The summed E-state index contributed by atoms with van der Waals surface area (Å²) in [6, 6.07) is 9.92. The molecule has 1 aromatic rings. The third-order valence-electron chi connectivity index (χ3n) is 2.40. The molecule has 0 saturated carbocycles. The zero-order chi connectivity index (χ0) is 9.97. The second kappa shape index (κ2) is 3.80. The lowest BCUT2D eigenvalue weighted by Crippen LogP contribution is -2.45. The summed E-state index contributed by atoms with van der Waals surface area (Å²) in [6.07, 6.45) is 0. The molecule has 1 fully saturated rings. The van der Waals surface area contributed by atoms with E-state index in [1.54, 1.807) is 0 Å². The molecule has 0 unspecified atom stereocenters. The number of morpholine rings is 1. The van der Waals surface area contributed by atoms with E-state index in [0.717, 1.165) is 5.56 Å². The molecular formula is C11H13NO2. The van der Waals surface area contributed by atoms with Crippen LogP contribution in [0.4, 0.5) is 0 Å². The molecule has 2 atom stereocenters. The van der Waals surface area contributed by atoms with Crippen molar-refractivity contribution in [2.75, 3.05) is 6.61 Å². The van der Waals surface area contributed by atoms with E-state index in [1.807, 2.05) is 37.3 Å². The van der Waals surface area contributed by atoms with E-state index in [1.165, 1.54) is 0 Å². The maximum absolute atomic E-state index is 11.1. The number of rotatable bonds is 1. The Bertz CT molecular complexity index is 323. The molecule has 0 aliphatic carbocycles. The van der Waals surface area contributed by atoms with Crippen LogP contribution in [0.5, 0.6) is 0 Å². The molecule has 74 valence electrons. The minimum atomic E-state index is -0.214. The first-order valence-electron chi connectivity index (χ1n) is 4.75. The summed E-state index contributed by atoms with van der Waals surface area (Å²) in [7, 11) is 0.